The number of unbranched alkanes of at least 4 members (excludes halogenated alkanes) is 1. The zero-order valence-corrected chi connectivity index (χ0v) is 13.1. The molecule has 0 aliphatic carbocycles. The molecule has 0 saturated carbocycles. The molecule has 2 nitrogen and oxygen atoms in total. The molecule has 0 amide bonds. The molecular formula is C19H20F2N2. The van der Waals surface area contributed by atoms with Gasteiger partial charge in [0, 0.05) is 17.1 Å². The first-order valence-electron chi connectivity index (χ1n) is 7.87. The molecule has 0 aliphatic heterocycles. The van der Waals surface area contributed by atoms with E-state index in [1.807, 2.05) is 31.2 Å². The van der Waals surface area contributed by atoms with Gasteiger partial charge in [-0.1, -0.05) is 23.8 Å². The predicted molar refractivity (Wildman–Crippen MR) is 90.4 cm³/mol. The maximum atomic E-state index is 14.1. The van der Waals surface area contributed by atoms with Crippen molar-refractivity contribution in [1.29, 1.82) is 0 Å². The number of aryl methyl sites for hydroxylation is 2. The number of nitrogens with two attached hydrogens (primary N) is 1. The van der Waals surface area contributed by atoms with Crippen molar-refractivity contribution in [1.82, 2.24) is 4.98 Å². The zero-order valence-electron chi connectivity index (χ0n) is 13.1. The topological polar surface area (TPSA) is 41.8 Å². The lowest BCUT2D eigenvalue weighted by Crippen LogP contribution is -1.99. The molecular weight excluding hydrogens is 294 g/mol. The Kier molecular flexibility index (Phi) is 4.44. The molecule has 0 bridgehead atoms. The summed E-state index contributed by atoms with van der Waals surface area (Å²) in [5, 5.41) is 0.621. The van der Waals surface area contributed by atoms with E-state index in [4.69, 9.17) is 5.73 Å². The van der Waals surface area contributed by atoms with E-state index in [9.17, 15) is 8.78 Å². The lowest BCUT2D eigenvalue weighted by molar-refractivity contribution is 0.591. The number of hydrogen-bond acceptors (Lipinski definition) is 1. The molecule has 120 valence electrons. The molecule has 3 aromatic rings. The van der Waals surface area contributed by atoms with Gasteiger partial charge in [0.1, 0.15) is 11.6 Å². The number of aromatic nitrogens is 1. The number of fused-ring (bicyclic) bond motifs is 1. The largest absolute Gasteiger partial charge is 0.352 e. The third kappa shape index (κ3) is 3.13. The lowest BCUT2D eigenvalue weighted by atomic mass is 9.99. The van der Waals surface area contributed by atoms with Crippen LogP contribution < -0.4 is 5.73 Å². The second-order valence-electron chi connectivity index (χ2n) is 5.90. The molecule has 0 fully saturated rings. The quantitative estimate of drug-likeness (QED) is 0.658. The van der Waals surface area contributed by atoms with E-state index in [1.165, 1.54) is 6.07 Å². The number of hydrogen-bond donors (Lipinski definition) is 2. The van der Waals surface area contributed by atoms with Crippen LogP contribution in [0.25, 0.3) is 22.2 Å². The van der Waals surface area contributed by atoms with Gasteiger partial charge in [0.2, 0.25) is 0 Å². The van der Waals surface area contributed by atoms with Crippen molar-refractivity contribution >= 4 is 10.9 Å². The van der Waals surface area contributed by atoms with E-state index in [0.717, 1.165) is 47.7 Å². The highest BCUT2D eigenvalue weighted by Gasteiger charge is 2.16. The summed E-state index contributed by atoms with van der Waals surface area (Å²) in [5.41, 5.74) is 9.87. The van der Waals surface area contributed by atoms with Crippen LogP contribution in [-0.4, -0.2) is 11.5 Å². The van der Waals surface area contributed by atoms with Crippen molar-refractivity contribution in [3.8, 4) is 11.3 Å². The third-order valence-electron chi connectivity index (χ3n) is 4.12. The number of nitrogens with one attached hydrogen (secondary N) is 1. The van der Waals surface area contributed by atoms with Crippen LogP contribution in [0.3, 0.4) is 0 Å². The molecule has 0 atom stereocenters. The molecule has 23 heavy (non-hydrogen) atoms. The smallest absolute Gasteiger partial charge is 0.150 e. The van der Waals surface area contributed by atoms with Crippen LogP contribution in [0, 0.1) is 18.6 Å². The first-order chi connectivity index (χ1) is 11.1. The van der Waals surface area contributed by atoms with Crippen LogP contribution in [-0.2, 0) is 6.42 Å². The zero-order chi connectivity index (χ0) is 16.4. The Morgan fingerprint density at radius 2 is 1.91 bits per heavy atom. The summed E-state index contributed by atoms with van der Waals surface area (Å²) in [4.78, 5) is 3.16. The van der Waals surface area contributed by atoms with Gasteiger partial charge >= 0.3 is 0 Å². The average molecular weight is 314 g/mol. The number of halogens is 2. The Balaban J connectivity index is 2.19. The van der Waals surface area contributed by atoms with Gasteiger partial charge in [-0.15, -0.1) is 0 Å². The minimum Gasteiger partial charge on any atom is -0.352 e. The summed E-state index contributed by atoms with van der Waals surface area (Å²) in [6.07, 6.45) is 2.52. The van der Waals surface area contributed by atoms with Gasteiger partial charge in [-0.3, -0.25) is 0 Å². The second kappa shape index (κ2) is 6.50. The first-order valence-corrected chi connectivity index (χ1v) is 7.87. The van der Waals surface area contributed by atoms with Gasteiger partial charge in [-0.2, -0.15) is 0 Å². The highest BCUT2D eigenvalue weighted by atomic mass is 19.1. The molecule has 0 radical (unpaired) electrons. The van der Waals surface area contributed by atoms with Crippen LogP contribution in [0.15, 0.2) is 36.4 Å². The van der Waals surface area contributed by atoms with E-state index < -0.39 is 11.6 Å². The number of H-pyrrole nitrogens is 1. The van der Waals surface area contributed by atoms with E-state index in [-0.39, 0.29) is 0 Å². The van der Waals surface area contributed by atoms with Crippen molar-refractivity contribution < 1.29 is 8.78 Å². The second-order valence-corrected chi connectivity index (χ2v) is 5.90. The minimum atomic E-state index is -0.557. The van der Waals surface area contributed by atoms with Gasteiger partial charge in [0.15, 0.2) is 0 Å². The summed E-state index contributed by atoms with van der Waals surface area (Å²) < 4.78 is 27.8. The van der Waals surface area contributed by atoms with Gasteiger partial charge in [-0.05, 0) is 56.0 Å². The summed E-state index contributed by atoms with van der Waals surface area (Å²) >= 11 is 0. The van der Waals surface area contributed by atoms with Gasteiger partial charge in [0.05, 0.1) is 5.52 Å². The standard InChI is InChI=1S/C19H20F2N2/c1-12-5-4-6-13(9-12)18-15(7-2-3-8-22)16-10-14(20)11-17(21)19(16)23-18/h4-6,9-11,23H,2-3,7-8,22H2,1H3. The van der Waals surface area contributed by atoms with Crippen molar-refractivity contribution in [2.75, 3.05) is 6.54 Å². The minimum absolute atomic E-state index is 0.366. The maximum Gasteiger partial charge on any atom is 0.150 e. The van der Waals surface area contributed by atoms with Crippen molar-refractivity contribution in [2.45, 2.75) is 26.2 Å². The first kappa shape index (κ1) is 15.7. The molecule has 0 unspecified atom stereocenters. The van der Waals surface area contributed by atoms with Crippen LogP contribution in [0.5, 0.6) is 0 Å². The molecule has 3 N–H and O–H groups in total. The Labute approximate surface area is 134 Å². The Morgan fingerprint density at radius 1 is 1.09 bits per heavy atom. The van der Waals surface area contributed by atoms with Crippen molar-refractivity contribution in [2.24, 2.45) is 5.73 Å². The normalized spacial score (nSPS) is 11.3. The molecule has 0 aliphatic rings. The average Bonchev–Trinajstić information content (AvgIpc) is 2.87. The maximum absolute atomic E-state index is 14.1. The fraction of sp³-hybridized carbons (Fsp3) is 0.263. The van der Waals surface area contributed by atoms with E-state index in [0.29, 0.717) is 17.4 Å². The summed E-state index contributed by atoms with van der Waals surface area (Å²) in [6, 6.07) is 10.3. The number of benzene rings is 2. The molecule has 4 heteroatoms. The van der Waals surface area contributed by atoms with Crippen LogP contribution >= 0.6 is 0 Å². The fourth-order valence-electron chi connectivity index (χ4n) is 3.03. The van der Waals surface area contributed by atoms with Gasteiger partial charge < -0.3 is 10.7 Å². The van der Waals surface area contributed by atoms with E-state index >= 15 is 0 Å². The van der Waals surface area contributed by atoms with Crippen LogP contribution in [0.4, 0.5) is 8.78 Å². The Bertz CT molecular complexity index is 837. The molecule has 3 rings (SSSR count). The monoisotopic (exact) mass is 314 g/mol. The van der Waals surface area contributed by atoms with Crippen molar-refractivity contribution in [3.63, 3.8) is 0 Å². The molecule has 0 spiro atoms. The Morgan fingerprint density at radius 3 is 2.65 bits per heavy atom. The van der Waals surface area contributed by atoms with Crippen molar-refractivity contribution in [3.05, 3.63) is 59.2 Å². The highest BCUT2D eigenvalue weighted by molar-refractivity contribution is 5.91. The van der Waals surface area contributed by atoms with Crippen LogP contribution in [0.2, 0.25) is 0 Å². The van der Waals surface area contributed by atoms with E-state index in [2.05, 4.69) is 4.98 Å². The summed E-state index contributed by atoms with van der Waals surface area (Å²) in [7, 11) is 0. The molecule has 1 heterocycles. The van der Waals surface area contributed by atoms with Crippen LogP contribution in [0.1, 0.15) is 24.0 Å². The van der Waals surface area contributed by atoms with Gasteiger partial charge in [0.25, 0.3) is 0 Å². The molecule has 1 aromatic heterocycles. The SMILES string of the molecule is Cc1cccc(-c2[nH]c3c(F)cc(F)cc3c2CCCCN)c1. The summed E-state index contributed by atoms with van der Waals surface area (Å²) in [6.45, 7) is 2.63. The molecule has 0 saturated heterocycles. The third-order valence-corrected chi connectivity index (χ3v) is 4.12. The summed E-state index contributed by atoms with van der Waals surface area (Å²) in [5.74, 6) is -1.11. The highest BCUT2D eigenvalue weighted by Crippen LogP contribution is 2.33. The van der Waals surface area contributed by atoms with Gasteiger partial charge in [-0.25, -0.2) is 8.78 Å². The fourth-order valence-corrected chi connectivity index (χ4v) is 3.03. The Hall–Kier alpha value is -2.20. The number of rotatable bonds is 5. The predicted octanol–water partition coefficient (Wildman–Crippen LogP) is 4.70. The number of aromatic amines is 1. The molecule has 2 aromatic carbocycles. The van der Waals surface area contributed by atoms with E-state index in [1.54, 1.807) is 0 Å². The lowest BCUT2D eigenvalue weighted by Gasteiger charge is -2.06.